The number of rotatable bonds is 3. The molecule has 1 atom stereocenters. The van der Waals surface area contributed by atoms with Gasteiger partial charge in [-0.3, -0.25) is 0 Å². The molecule has 5 heteroatoms. The molecule has 0 aromatic rings. The molecule has 1 aliphatic carbocycles. The lowest BCUT2D eigenvalue weighted by Gasteiger charge is -2.13. The van der Waals surface area contributed by atoms with E-state index in [1.807, 2.05) is 6.92 Å². The second-order valence-corrected chi connectivity index (χ2v) is 3.12. The van der Waals surface area contributed by atoms with Gasteiger partial charge >= 0.3 is 6.18 Å². The van der Waals surface area contributed by atoms with Crippen LogP contribution in [0.3, 0.4) is 0 Å². The van der Waals surface area contributed by atoms with E-state index in [4.69, 9.17) is 0 Å². The highest BCUT2D eigenvalue weighted by Crippen LogP contribution is 2.32. The van der Waals surface area contributed by atoms with Gasteiger partial charge in [0, 0.05) is 6.04 Å². The molecule has 0 aromatic carbocycles. The zero-order valence-corrected chi connectivity index (χ0v) is 7.63. The van der Waals surface area contributed by atoms with Gasteiger partial charge in [0.25, 0.3) is 0 Å². The van der Waals surface area contributed by atoms with E-state index in [2.05, 4.69) is 5.32 Å². The molecule has 1 unspecified atom stereocenters. The Balaban J connectivity index is 0.00000121. The summed E-state index contributed by atoms with van der Waals surface area (Å²) >= 11 is 0. The summed E-state index contributed by atoms with van der Waals surface area (Å²) in [7, 11) is 0. The first-order valence-electron chi connectivity index (χ1n) is 3.79. The van der Waals surface area contributed by atoms with Gasteiger partial charge in [0.1, 0.15) is 0 Å². The highest BCUT2D eigenvalue weighted by molar-refractivity contribution is 5.85. The molecule has 0 heterocycles. The Kier molecular flexibility index (Phi) is 4.34. The van der Waals surface area contributed by atoms with Crippen LogP contribution in [0.5, 0.6) is 0 Å². The van der Waals surface area contributed by atoms with Crippen LogP contribution in [0.25, 0.3) is 0 Å². The van der Waals surface area contributed by atoms with Crippen molar-refractivity contribution in [1.82, 2.24) is 5.32 Å². The van der Waals surface area contributed by atoms with Crippen molar-refractivity contribution < 1.29 is 13.2 Å². The normalized spacial score (nSPS) is 20.0. The predicted molar refractivity (Wildman–Crippen MR) is 43.5 cm³/mol. The van der Waals surface area contributed by atoms with Gasteiger partial charge in [0.2, 0.25) is 0 Å². The van der Waals surface area contributed by atoms with Crippen LogP contribution >= 0.6 is 12.4 Å². The Morgan fingerprint density at radius 2 is 1.92 bits per heavy atom. The molecular weight excluding hydrogens is 191 g/mol. The van der Waals surface area contributed by atoms with Crippen LogP contribution in [0.1, 0.15) is 19.8 Å². The zero-order chi connectivity index (χ0) is 8.48. The van der Waals surface area contributed by atoms with Gasteiger partial charge in [-0.2, -0.15) is 13.2 Å². The van der Waals surface area contributed by atoms with Crippen molar-refractivity contribution in [1.29, 1.82) is 0 Å². The van der Waals surface area contributed by atoms with Crippen LogP contribution in [-0.2, 0) is 0 Å². The molecule has 12 heavy (non-hydrogen) atoms. The van der Waals surface area contributed by atoms with Gasteiger partial charge in [0.15, 0.2) is 0 Å². The van der Waals surface area contributed by atoms with Gasteiger partial charge in [-0.05, 0) is 25.7 Å². The smallest absolute Gasteiger partial charge is 0.306 e. The minimum absolute atomic E-state index is 0. The first-order chi connectivity index (χ1) is 4.99. The van der Waals surface area contributed by atoms with Crippen LogP contribution in [0.2, 0.25) is 0 Å². The summed E-state index contributed by atoms with van der Waals surface area (Å²) in [6.07, 6.45) is -1.92. The van der Waals surface area contributed by atoms with Crippen molar-refractivity contribution in [3.05, 3.63) is 0 Å². The molecule has 1 rings (SSSR count). The molecule has 1 fully saturated rings. The predicted octanol–water partition coefficient (Wildman–Crippen LogP) is 2.36. The molecule has 74 valence electrons. The van der Waals surface area contributed by atoms with Gasteiger partial charge < -0.3 is 5.32 Å². The molecular formula is C7H13ClF3N. The van der Waals surface area contributed by atoms with Gasteiger partial charge in [0.05, 0.1) is 6.54 Å². The van der Waals surface area contributed by atoms with Crippen molar-refractivity contribution in [3.8, 4) is 0 Å². The maximum absolute atomic E-state index is 11.6. The SMILES string of the molecule is CC(NCC(F)(F)F)C1CC1.Cl. The van der Waals surface area contributed by atoms with Crippen LogP contribution < -0.4 is 5.32 Å². The molecule has 0 aliphatic heterocycles. The molecule has 1 N–H and O–H groups in total. The molecule has 0 aromatic heterocycles. The number of nitrogens with one attached hydrogen (secondary N) is 1. The summed E-state index contributed by atoms with van der Waals surface area (Å²) in [5.41, 5.74) is 0. The summed E-state index contributed by atoms with van der Waals surface area (Å²) < 4.78 is 34.9. The summed E-state index contributed by atoms with van der Waals surface area (Å²) in [6, 6.07) is 0.0247. The third-order valence-corrected chi connectivity index (χ3v) is 1.95. The zero-order valence-electron chi connectivity index (χ0n) is 6.82. The van der Waals surface area contributed by atoms with Crippen LogP contribution in [0.4, 0.5) is 13.2 Å². The number of hydrogen-bond acceptors (Lipinski definition) is 1. The van der Waals surface area contributed by atoms with Crippen molar-refractivity contribution in [3.63, 3.8) is 0 Å². The Bertz CT molecular complexity index is 133. The third kappa shape index (κ3) is 4.83. The maximum atomic E-state index is 11.6. The molecule has 1 aliphatic rings. The van der Waals surface area contributed by atoms with Crippen LogP contribution in [0.15, 0.2) is 0 Å². The van der Waals surface area contributed by atoms with E-state index < -0.39 is 12.7 Å². The molecule has 0 saturated heterocycles. The second kappa shape index (κ2) is 4.33. The monoisotopic (exact) mass is 203 g/mol. The van der Waals surface area contributed by atoms with Gasteiger partial charge in [-0.25, -0.2) is 0 Å². The average Bonchev–Trinajstić information content (AvgIpc) is 2.61. The molecule has 0 radical (unpaired) electrons. The topological polar surface area (TPSA) is 12.0 Å². The molecule has 0 bridgehead atoms. The summed E-state index contributed by atoms with van der Waals surface area (Å²) in [5, 5.41) is 2.46. The largest absolute Gasteiger partial charge is 0.401 e. The minimum atomic E-state index is -4.07. The number of halogens is 4. The fourth-order valence-electron chi connectivity index (χ4n) is 1.04. The number of hydrogen-bond donors (Lipinski definition) is 1. The van der Waals surface area contributed by atoms with Crippen molar-refractivity contribution in [2.24, 2.45) is 5.92 Å². The van der Waals surface area contributed by atoms with E-state index in [-0.39, 0.29) is 18.4 Å². The second-order valence-electron chi connectivity index (χ2n) is 3.12. The molecule has 1 nitrogen and oxygen atoms in total. The van der Waals surface area contributed by atoms with Crippen LogP contribution in [0, 0.1) is 5.92 Å². The quantitative estimate of drug-likeness (QED) is 0.743. The maximum Gasteiger partial charge on any atom is 0.401 e. The number of alkyl halides is 3. The summed E-state index contributed by atoms with van der Waals surface area (Å²) in [5.74, 6) is 0.484. The van der Waals surface area contributed by atoms with Gasteiger partial charge in [-0.1, -0.05) is 0 Å². The highest BCUT2D eigenvalue weighted by Gasteiger charge is 2.32. The van der Waals surface area contributed by atoms with E-state index in [0.29, 0.717) is 5.92 Å². The lowest BCUT2D eigenvalue weighted by molar-refractivity contribution is -0.126. The highest BCUT2D eigenvalue weighted by atomic mass is 35.5. The first kappa shape index (κ1) is 12.0. The lowest BCUT2D eigenvalue weighted by Crippen LogP contribution is -2.36. The Morgan fingerprint density at radius 3 is 2.25 bits per heavy atom. The van der Waals surface area contributed by atoms with E-state index in [1.54, 1.807) is 0 Å². The van der Waals surface area contributed by atoms with Crippen molar-refractivity contribution in [2.75, 3.05) is 6.54 Å². The Morgan fingerprint density at radius 1 is 1.42 bits per heavy atom. The fraction of sp³-hybridized carbons (Fsp3) is 1.00. The first-order valence-corrected chi connectivity index (χ1v) is 3.79. The van der Waals surface area contributed by atoms with E-state index in [0.717, 1.165) is 12.8 Å². The lowest BCUT2D eigenvalue weighted by atomic mass is 10.2. The van der Waals surface area contributed by atoms with Crippen molar-refractivity contribution in [2.45, 2.75) is 32.0 Å². The molecule has 0 spiro atoms. The summed E-state index contributed by atoms with van der Waals surface area (Å²) in [6.45, 7) is 0.952. The summed E-state index contributed by atoms with van der Waals surface area (Å²) in [4.78, 5) is 0. The Hall–Kier alpha value is 0.0400. The minimum Gasteiger partial charge on any atom is -0.306 e. The van der Waals surface area contributed by atoms with Crippen LogP contribution in [-0.4, -0.2) is 18.8 Å². The van der Waals surface area contributed by atoms with Gasteiger partial charge in [-0.15, -0.1) is 12.4 Å². The molecule has 0 amide bonds. The molecule has 1 saturated carbocycles. The van der Waals surface area contributed by atoms with Crippen molar-refractivity contribution >= 4 is 12.4 Å². The van der Waals surface area contributed by atoms with E-state index in [9.17, 15) is 13.2 Å². The fourth-order valence-corrected chi connectivity index (χ4v) is 1.04. The Labute approximate surface area is 76.1 Å². The standard InChI is InChI=1S/C7H12F3N.ClH/c1-5(6-2-3-6)11-4-7(8,9)10;/h5-6,11H,2-4H2,1H3;1H. The van der Waals surface area contributed by atoms with E-state index in [1.165, 1.54) is 0 Å². The van der Waals surface area contributed by atoms with E-state index >= 15 is 0 Å². The average molecular weight is 204 g/mol. The third-order valence-electron chi connectivity index (χ3n) is 1.95.